The fourth-order valence-corrected chi connectivity index (χ4v) is 2.87. The highest BCUT2D eigenvalue weighted by Gasteiger charge is 2.07. The summed E-state index contributed by atoms with van der Waals surface area (Å²) >= 11 is 1.16. The van der Waals surface area contributed by atoms with E-state index in [1.165, 1.54) is 11.6 Å². The van der Waals surface area contributed by atoms with E-state index in [1.807, 2.05) is 31.2 Å². The highest BCUT2D eigenvalue weighted by molar-refractivity contribution is 7.99. The number of aryl methyl sites for hydroxylation is 1. The lowest BCUT2D eigenvalue weighted by molar-refractivity contribution is -0.113. The fourth-order valence-electron chi connectivity index (χ4n) is 2.20. The van der Waals surface area contributed by atoms with E-state index in [0.717, 1.165) is 17.5 Å². The minimum absolute atomic E-state index is 0.143. The number of hydrogen-bond donors (Lipinski definition) is 3. The van der Waals surface area contributed by atoms with Gasteiger partial charge in [-0.3, -0.25) is 4.79 Å². The predicted octanol–water partition coefficient (Wildman–Crippen LogP) is 3.47. The van der Waals surface area contributed by atoms with E-state index in [4.69, 9.17) is 16.2 Å². The smallest absolute Gasteiger partial charge is 0.234 e. The summed E-state index contributed by atoms with van der Waals surface area (Å²) in [6.45, 7) is 2.02. The van der Waals surface area contributed by atoms with Crippen molar-refractivity contribution in [2.75, 3.05) is 22.5 Å². The number of benzene rings is 2. The molecule has 0 saturated carbocycles. The highest BCUT2D eigenvalue weighted by atomic mass is 32.2. The maximum atomic E-state index is 12.1. The Morgan fingerprint density at radius 3 is 2.15 bits per heavy atom. The molecule has 0 atom stereocenters. The Morgan fingerprint density at radius 1 is 1.00 bits per heavy atom. The van der Waals surface area contributed by atoms with Crippen LogP contribution in [0.25, 0.3) is 0 Å². The third-order valence-electron chi connectivity index (χ3n) is 3.47. The average Bonchev–Trinajstić information content (AvgIpc) is 2.63. The number of amides is 1. The average molecular weight is 381 g/mol. The van der Waals surface area contributed by atoms with Crippen LogP contribution in [0.3, 0.4) is 0 Å². The summed E-state index contributed by atoms with van der Waals surface area (Å²) in [4.78, 5) is 20.1. The van der Waals surface area contributed by atoms with Crippen LogP contribution >= 0.6 is 11.8 Å². The van der Waals surface area contributed by atoms with Crippen LogP contribution in [0.15, 0.2) is 59.8 Å². The van der Waals surface area contributed by atoms with Crippen LogP contribution in [0.2, 0.25) is 0 Å². The lowest BCUT2D eigenvalue weighted by atomic mass is 10.2. The van der Waals surface area contributed by atoms with Crippen LogP contribution in [0.1, 0.15) is 5.56 Å². The molecule has 5 N–H and O–H groups in total. The molecule has 1 amide bonds. The maximum Gasteiger partial charge on any atom is 0.234 e. The van der Waals surface area contributed by atoms with E-state index < -0.39 is 0 Å². The third-order valence-corrected chi connectivity index (χ3v) is 4.32. The normalized spacial score (nSPS) is 10.4. The first-order chi connectivity index (χ1) is 13.0. The Hall–Kier alpha value is -3.26. The van der Waals surface area contributed by atoms with Gasteiger partial charge in [-0.1, -0.05) is 29.5 Å². The topological polar surface area (TPSA) is 116 Å². The van der Waals surface area contributed by atoms with Crippen LogP contribution in [0.5, 0.6) is 11.5 Å². The van der Waals surface area contributed by atoms with Gasteiger partial charge in [-0.05, 0) is 43.3 Å². The molecule has 0 aliphatic carbocycles. The molecular formula is C19H19N5O2S. The van der Waals surface area contributed by atoms with Gasteiger partial charge in [0.15, 0.2) is 5.16 Å². The minimum atomic E-state index is -0.184. The van der Waals surface area contributed by atoms with Crippen molar-refractivity contribution < 1.29 is 9.53 Å². The second-order valence-electron chi connectivity index (χ2n) is 5.78. The van der Waals surface area contributed by atoms with Gasteiger partial charge in [0.25, 0.3) is 0 Å². The predicted molar refractivity (Wildman–Crippen MR) is 108 cm³/mol. The van der Waals surface area contributed by atoms with Gasteiger partial charge < -0.3 is 21.5 Å². The molecule has 27 heavy (non-hydrogen) atoms. The first-order valence-electron chi connectivity index (χ1n) is 8.15. The Bertz CT molecular complexity index is 910. The molecule has 2 aromatic carbocycles. The molecule has 8 heteroatoms. The zero-order chi connectivity index (χ0) is 19.2. The lowest BCUT2D eigenvalue weighted by Crippen LogP contribution is -2.14. The molecule has 0 aliphatic heterocycles. The van der Waals surface area contributed by atoms with E-state index in [1.54, 1.807) is 24.3 Å². The summed E-state index contributed by atoms with van der Waals surface area (Å²) in [6.07, 6.45) is 0. The quantitative estimate of drug-likeness (QED) is 0.442. The van der Waals surface area contributed by atoms with Gasteiger partial charge in [0.05, 0.1) is 5.75 Å². The van der Waals surface area contributed by atoms with Gasteiger partial charge in [0.2, 0.25) is 5.91 Å². The summed E-state index contributed by atoms with van der Waals surface area (Å²) in [7, 11) is 0. The number of nitrogen functional groups attached to an aromatic ring is 2. The van der Waals surface area contributed by atoms with Crippen LogP contribution in [0, 0.1) is 6.92 Å². The Balaban J connectivity index is 1.52. The van der Waals surface area contributed by atoms with Crippen LogP contribution in [0.4, 0.5) is 17.3 Å². The number of carbonyl (C=O) groups excluding carboxylic acids is 1. The van der Waals surface area contributed by atoms with Gasteiger partial charge in [-0.2, -0.15) is 0 Å². The van der Waals surface area contributed by atoms with Crippen molar-refractivity contribution in [2.24, 2.45) is 0 Å². The number of rotatable bonds is 6. The molecule has 0 unspecified atom stereocenters. The van der Waals surface area contributed by atoms with Gasteiger partial charge in [0, 0.05) is 11.8 Å². The number of anilines is 3. The SMILES string of the molecule is Cc1ccc(Oc2ccc(NC(=O)CSc3nc(N)cc(N)n3)cc2)cc1. The first-order valence-corrected chi connectivity index (χ1v) is 9.14. The number of aromatic nitrogens is 2. The number of carbonyl (C=O) groups is 1. The van der Waals surface area contributed by atoms with Crippen molar-refractivity contribution in [3.63, 3.8) is 0 Å². The number of ether oxygens (including phenoxy) is 1. The summed E-state index contributed by atoms with van der Waals surface area (Å²) in [5, 5.41) is 3.17. The standard InChI is InChI=1S/C19H19N5O2S/c1-12-2-6-14(7-3-12)26-15-8-4-13(5-9-15)22-18(25)11-27-19-23-16(20)10-17(21)24-19/h2-10H,11H2,1H3,(H,22,25)(H4,20,21,23,24). The Kier molecular flexibility index (Phi) is 5.77. The number of thioether (sulfide) groups is 1. The number of nitrogens with two attached hydrogens (primary N) is 2. The summed E-state index contributed by atoms with van der Waals surface area (Å²) < 4.78 is 5.76. The lowest BCUT2D eigenvalue weighted by Gasteiger charge is -2.08. The molecule has 7 nitrogen and oxygen atoms in total. The van der Waals surface area contributed by atoms with E-state index >= 15 is 0 Å². The zero-order valence-electron chi connectivity index (χ0n) is 14.7. The minimum Gasteiger partial charge on any atom is -0.457 e. The highest BCUT2D eigenvalue weighted by Crippen LogP contribution is 2.23. The molecule has 0 spiro atoms. The molecule has 1 aromatic heterocycles. The molecule has 0 radical (unpaired) electrons. The van der Waals surface area contributed by atoms with Gasteiger partial charge in [0.1, 0.15) is 23.1 Å². The van der Waals surface area contributed by atoms with Gasteiger partial charge in [-0.15, -0.1) is 0 Å². The zero-order valence-corrected chi connectivity index (χ0v) is 15.5. The van der Waals surface area contributed by atoms with Crippen molar-refractivity contribution in [3.05, 3.63) is 60.2 Å². The second-order valence-corrected chi connectivity index (χ2v) is 6.72. The van der Waals surface area contributed by atoms with Crippen molar-refractivity contribution in [3.8, 4) is 11.5 Å². The number of hydrogen-bond acceptors (Lipinski definition) is 7. The molecular weight excluding hydrogens is 362 g/mol. The van der Waals surface area contributed by atoms with E-state index in [9.17, 15) is 4.79 Å². The fraction of sp³-hybridized carbons (Fsp3) is 0.105. The van der Waals surface area contributed by atoms with Crippen molar-refractivity contribution in [1.29, 1.82) is 0 Å². The van der Waals surface area contributed by atoms with Gasteiger partial charge >= 0.3 is 0 Å². The summed E-state index contributed by atoms with van der Waals surface area (Å²) in [5.41, 5.74) is 13.1. The van der Waals surface area contributed by atoms with Crippen LogP contribution < -0.4 is 21.5 Å². The molecule has 3 rings (SSSR count). The van der Waals surface area contributed by atoms with Crippen molar-refractivity contribution >= 4 is 35.0 Å². The van der Waals surface area contributed by atoms with Crippen molar-refractivity contribution in [1.82, 2.24) is 9.97 Å². The van der Waals surface area contributed by atoms with Gasteiger partial charge in [-0.25, -0.2) is 9.97 Å². The largest absolute Gasteiger partial charge is 0.457 e. The van der Waals surface area contributed by atoms with E-state index in [0.29, 0.717) is 16.6 Å². The second kappa shape index (κ2) is 8.41. The third kappa shape index (κ3) is 5.61. The molecule has 0 fully saturated rings. The Labute approximate surface area is 161 Å². The molecule has 138 valence electrons. The summed E-state index contributed by atoms with van der Waals surface area (Å²) in [6, 6.07) is 16.4. The maximum absolute atomic E-state index is 12.1. The monoisotopic (exact) mass is 381 g/mol. The summed E-state index contributed by atoms with van der Waals surface area (Å²) in [5.74, 6) is 1.95. The number of nitrogens with zero attached hydrogens (tertiary/aromatic N) is 2. The molecule has 0 aliphatic rings. The van der Waals surface area contributed by atoms with Crippen LogP contribution in [-0.2, 0) is 4.79 Å². The van der Waals surface area contributed by atoms with E-state index in [2.05, 4.69) is 15.3 Å². The van der Waals surface area contributed by atoms with Crippen molar-refractivity contribution in [2.45, 2.75) is 12.1 Å². The molecule has 0 saturated heterocycles. The molecule has 1 heterocycles. The molecule has 0 bridgehead atoms. The first kappa shape index (κ1) is 18.5. The molecule has 3 aromatic rings. The van der Waals surface area contributed by atoms with Crippen LogP contribution in [-0.4, -0.2) is 21.6 Å². The van der Waals surface area contributed by atoms with E-state index in [-0.39, 0.29) is 23.3 Å². The Morgan fingerprint density at radius 2 is 1.56 bits per heavy atom. The number of nitrogens with one attached hydrogen (secondary N) is 1.